The van der Waals surface area contributed by atoms with Crippen molar-refractivity contribution in [2.75, 3.05) is 5.32 Å². The van der Waals surface area contributed by atoms with Crippen molar-refractivity contribution in [2.45, 2.75) is 0 Å². The molecule has 1 heterocycles. The molecule has 2 amide bonds. The maximum atomic E-state index is 10.6. The number of amides is 2. The van der Waals surface area contributed by atoms with E-state index in [1.165, 1.54) is 18.3 Å². The van der Waals surface area contributed by atoms with Gasteiger partial charge in [-0.25, -0.2) is 9.78 Å². The van der Waals surface area contributed by atoms with Gasteiger partial charge in [0.2, 0.25) is 5.91 Å². The zero-order chi connectivity index (χ0) is 9.84. The summed E-state index contributed by atoms with van der Waals surface area (Å²) in [6, 6.07) is 2.74. The first-order valence-electron chi connectivity index (χ1n) is 3.35. The molecule has 0 aliphatic rings. The lowest BCUT2D eigenvalue weighted by molar-refractivity contribution is 0.1000. The number of carbonyl (C=O) groups is 2. The average Bonchev–Trinajstić information content (AvgIpc) is 2.04. The highest BCUT2D eigenvalue weighted by molar-refractivity contribution is 5.92. The van der Waals surface area contributed by atoms with E-state index in [0.29, 0.717) is 0 Å². The molecule has 0 bridgehead atoms. The summed E-state index contributed by atoms with van der Waals surface area (Å²) in [5.41, 5.74) is 5.18. The van der Waals surface area contributed by atoms with E-state index in [2.05, 4.69) is 4.98 Å². The van der Waals surface area contributed by atoms with Crippen molar-refractivity contribution in [3.8, 4) is 0 Å². The minimum Gasteiger partial charge on any atom is -0.465 e. The van der Waals surface area contributed by atoms with E-state index >= 15 is 0 Å². The van der Waals surface area contributed by atoms with Crippen LogP contribution in [0.4, 0.5) is 10.6 Å². The first-order valence-corrected chi connectivity index (χ1v) is 3.35. The highest BCUT2D eigenvalue weighted by Gasteiger charge is 2.02. The lowest BCUT2D eigenvalue weighted by Crippen LogP contribution is -2.12. The molecule has 1 aromatic heterocycles. The highest BCUT2D eigenvalue weighted by Crippen LogP contribution is 2.03. The van der Waals surface area contributed by atoms with Crippen molar-refractivity contribution < 1.29 is 14.7 Å². The molecule has 0 aromatic carbocycles. The zero-order valence-electron chi connectivity index (χ0n) is 6.52. The Morgan fingerprint density at radius 2 is 2.15 bits per heavy atom. The molecule has 0 aliphatic heterocycles. The Morgan fingerprint density at radius 3 is 2.54 bits per heavy atom. The minimum atomic E-state index is -1.21. The average molecular weight is 181 g/mol. The molecule has 4 N–H and O–H groups in total. The second-order valence-corrected chi connectivity index (χ2v) is 2.23. The first kappa shape index (κ1) is 8.98. The van der Waals surface area contributed by atoms with E-state index in [4.69, 9.17) is 10.8 Å². The monoisotopic (exact) mass is 181 g/mol. The fourth-order valence-electron chi connectivity index (χ4n) is 0.723. The second-order valence-electron chi connectivity index (χ2n) is 2.23. The summed E-state index contributed by atoms with van der Waals surface area (Å²) >= 11 is 0. The smallest absolute Gasteiger partial charge is 0.410 e. The SMILES string of the molecule is NC(=O)c1ccc(NC(=O)O)nc1. The summed E-state index contributed by atoms with van der Waals surface area (Å²) in [5.74, 6) is -0.452. The van der Waals surface area contributed by atoms with Gasteiger partial charge in [0.05, 0.1) is 5.56 Å². The van der Waals surface area contributed by atoms with Gasteiger partial charge in [-0.3, -0.25) is 10.1 Å². The summed E-state index contributed by atoms with van der Waals surface area (Å²) in [4.78, 5) is 24.4. The van der Waals surface area contributed by atoms with E-state index in [-0.39, 0.29) is 11.4 Å². The molecule has 13 heavy (non-hydrogen) atoms. The molecule has 0 fully saturated rings. The van der Waals surface area contributed by atoms with Crippen LogP contribution in [0, 0.1) is 0 Å². The summed E-state index contributed by atoms with van der Waals surface area (Å²) in [6.45, 7) is 0. The molecule has 0 unspecified atom stereocenters. The van der Waals surface area contributed by atoms with Crippen LogP contribution in [0.25, 0.3) is 0 Å². The predicted molar refractivity (Wildman–Crippen MR) is 44.4 cm³/mol. The third-order valence-corrected chi connectivity index (χ3v) is 1.28. The molecule has 0 saturated heterocycles. The standard InChI is InChI=1S/C7H7N3O3/c8-6(11)4-1-2-5(9-3-4)10-7(12)13/h1-3H,(H2,8,11)(H,9,10)(H,12,13). The topological polar surface area (TPSA) is 105 Å². The number of nitrogens with two attached hydrogens (primary N) is 1. The molecular weight excluding hydrogens is 174 g/mol. The number of carboxylic acid groups (broad SMARTS) is 1. The number of nitrogens with zero attached hydrogens (tertiary/aromatic N) is 1. The van der Waals surface area contributed by atoms with E-state index in [9.17, 15) is 9.59 Å². The highest BCUT2D eigenvalue weighted by atomic mass is 16.4. The van der Waals surface area contributed by atoms with Gasteiger partial charge >= 0.3 is 6.09 Å². The number of nitrogens with one attached hydrogen (secondary N) is 1. The van der Waals surface area contributed by atoms with Gasteiger partial charge in [-0.2, -0.15) is 0 Å². The zero-order valence-corrected chi connectivity index (χ0v) is 6.52. The fraction of sp³-hybridized carbons (Fsp3) is 0. The largest absolute Gasteiger partial charge is 0.465 e. The Morgan fingerprint density at radius 1 is 1.46 bits per heavy atom. The van der Waals surface area contributed by atoms with Crippen LogP contribution in [-0.2, 0) is 0 Å². The molecule has 68 valence electrons. The molecule has 0 spiro atoms. The molecule has 6 nitrogen and oxygen atoms in total. The predicted octanol–water partition coefficient (Wildman–Crippen LogP) is 0.270. The Hall–Kier alpha value is -2.11. The van der Waals surface area contributed by atoms with Crippen molar-refractivity contribution in [3.05, 3.63) is 23.9 Å². The lowest BCUT2D eigenvalue weighted by atomic mass is 10.3. The number of hydrogen-bond donors (Lipinski definition) is 3. The Bertz CT molecular complexity index is 333. The Kier molecular flexibility index (Phi) is 2.44. The second kappa shape index (κ2) is 3.53. The van der Waals surface area contributed by atoms with Crippen LogP contribution >= 0.6 is 0 Å². The molecule has 0 aliphatic carbocycles. The van der Waals surface area contributed by atoms with E-state index in [1.807, 2.05) is 5.32 Å². The molecule has 6 heteroatoms. The van der Waals surface area contributed by atoms with Gasteiger partial charge in [-0.15, -0.1) is 0 Å². The number of rotatable bonds is 2. The summed E-state index contributed by atoms with van der Waals surface area (Å²) in [5, 5.41) is 10.3. The van der Waals surface area contributed by atoms with Crippen molar-refractivity contribution in [2.24, 2.45) is 5.73 Å². The van der Waals surface area contributed by atoms with Crippen molar-refractivity contribution in [1.29, 1.82) is 0 Å². The molecule has 0 radical (unpaired) electrons. The molecule has 0 atom stereocenters. The number of aromatic nitrogens is 1. The van der Waals surface area contributed by atoms with Crippen LogP contribution in [0.5, 0.6) is 0 Å². The van der Waals surface area contributed by atoms with Crippen LogP contribution in [0.1, 0.15) is 10.4 Å². The van der Waals surface area contributed by atoms with Gasteiger partial charge in [-0.1, -0.05) is 0 Å². The van der Waals surface area contributed by atoms with Gasteiger partial charge in [0, 0.05) is 6.20 Å². The van der Waals surface area contributed by atoms with Gasteiger partial charge in [0.1, 0.15) is 5.82 Å². The van der Waals surface area contributed by atoms with E-state index in [1.54, 1.807) is 0 Å². The van der Waals surface area contributed by atoms with Gasteiger partial charge in [0.25, 0.3) is 0 Å². The van der Waals surface area contributed by atoms with Gasteiger partial charge in [0.15, 0.2) is 0 Å². The van der Waals surface area contributed by atoms with Crippen LogP contribution in [-0.4, -0.2) is 22.1 Å². The van der Waals surface area contributed by atoms with Crippen LogP contribution < -0.4 is 11.1 Å². The lowest BCUT2D eigenvalue weighted by Gasteiger charge is -1.99. The van der Waals surface area contributed by atoms with Crippen LogP contribution in [0.2, 0.25) is 0 Å². The minimum absolute atomic E-state index is 0.150. The van der Waals surface area contributed by atoms with E-state index < -0.39 is 12.0 Å². The number of pyridine rings is 1. The first-order chi connectivity index (χ1) is 6.09. The molecular formula is C7H7N3O3. The van der Waals surface area contributed by atoms with E-state index in [0.717, 1.165) is 0 Å². The van der Waals surface area contributed by atoms with Gasteiger partial charge < -0.3 is 10.8 Å². The molecule has 1 aromatic rings. The third-order valence-electron chi connectivity index (χ3n) is 1.28. The summed E-state index contributed by atoms with van der Waals surface area (Å²) in [6.07, 6.45) is -0.00697. The van der Waals surface area contributed by atoms with Gasteiger partial charge in [-0.05, 0) is 12.1 Å². The summed E-state index contributed by atoms with van der Waals surface area (Å²) in [7, 11) is 0. The number of carbonyl (C=O) groups excluding carboxylic acids is 1. The molecule has 0 saturated carbocycles. The maximum absolute atomic E-state index is 10.6. The number of anilines is 1. The van der Waals surface area contributed by atoms with Crippen molar-refractivity contribution >= 4 is 17.8 Å². The quantitative estimate of drug-likeness (QED) is 0.608. The fourth-order valence-corrected chi connectivity index (χ4v) is 0.723. The normalized spacial score (nSPS) is 9.23. The van der Waals surface area contributed by atoms with Crippen molar-refractivity contribution in [1.82, 2.24) is 4.98 Å². The van der Waals surface area contributed by atoms with Crippen molar-refractivity contribution in [3.63, 3.8) is 0 Å². The molecule has 1 rings (SSSR count). The van der Waals surface area contributed by atoms with Crippen LogP contribution in [0.3, 0.4) is 0 Å². The van der Waals surface area contributed by atoms with Crippen LogP contribution in [0.15, 0.2) is 18.3 Å². The third kappa shape index (κ3) is 2.44. The number of hydrogen-bond acceptors (Lipinski definition) is 3. The Balaban J connectivity index is 2.81. The summed E-state index contributed by atoms with van der Waals surface area (Å²) < 4.78 is 0. The number of primary amides is 1. The maximum Gasteiger partial charge on any atom is 0.410 e. The Labute approximate surface area is 73.4 Å².